The third-order valence-electron chi connectivity index (χ3n) is 4.27. The first-order valence-electron chi connectivity index (χ1n) is 7.62. The number of hydrogen-bond donors (Lipinski definition) is 1. The van der Waals surface area contributed by atoms with Crippen LogP contribution in [0, 0.1) is 19.8 Å². The van der Waals surface area contributed by atoms with Gasteiger partial charge in [-0.1, -0.05) is 36.2 Å². The Bertz CT molecular complexity index is 393. The third kappa shape index (κ3) is 4.05. The van der Waals surface area contributed by atoms with E-state index in [0.29, 0.717) is 6.04 Å². The number of aryl methyl sites for hydroxylation is 2. The normalized spacial score (nSPS) is 21.8. The summed E-state index contributed by atoms with van der Waals surface area (Å²) in [4.78, 5) is 2.55. The fraction of sp³-hybridized carbons (Fsp3) is 0.647. The van der Waals surface area contributed by atoms with Gasteiger partial charge in [0.1, 0.15) is 0 Å². The highest BCUT2D eigenvalue weighted by Gasteiger charge is 2.21. The van der Waals surface area contributed by atoms with Crippen molar-refractivity contribution < 1.29 is 0 Å². The third-order valence-corrected chi connectivity index (χ3v) is 4.27. The summed E-state index contributed by atoms with van der Waals surface area (Å²) in [7, 11) is 0. The summed E-state index contributed by atoms with van der Waals surface area (Å²) in [5, 5.41) is 3.71. The number of benzene rings is 1. The van der Waals surface area contributed by atoms with Gasteiger partial charge in [0.15, 0.2) is 0 Å². The van der Waals surface area contributed by atoms with Gasteiger partial charge < -0.3 is 10.2 Å². The van der Waals surface area contributed by atoms with Crippen molar-refractivity contribution in [3.8, 4) is 0 Å². The molecule has 2 unspecified atom stereocenters. The van der Waals surface area contributed by atoms with Crippen molar-refractivity contribution in [2.24, 2.45) is 5.92 Å². The topological polar surface area (TPSA) is 15.3 Å². The van der Waals surface area contributed by atoms with Gasteiger partial charge in [0.25, 0.3) is 0 Å². The molecule has 2 heteroatoms. The fourth-order valence-electron chi connectivity index (χ4n) is 3.09. The second-order valence-electron chi connectivity index (χ2n) is 6.10. The summed E-state index contributed by atoms with van der Waals surface area (Å²) in [6.07, 6.45) is 1.35. The van der Waals surface area contributed by atoms with Gasteiger partial charge in [-0.05, 0) is 58.3 Å². The van der Waals surface area contributed by atoms with E-state index in [-0.39, 0.29) is 0 Å². The molecule has 1 aliphatic rings. The Morgan fingerprint density at radius 3 is 2.53 bits per heavy atom. The molecule has 0 spiro atoms. The Hall–Kier alpha value is -0.860. The molecular weight excluding hydrogens is 232 g/mol. The largest absolute Gasteiger partial charge is 0.310 e. The monoisotopic (exact) mass is 260 g/mol. The molecule has 1 saturated heterocycles. The predicted molar refractivity (Wildman–Crippen MR) is 82.6 cm³/mol. The maximum Gasteiger partial charge on any atom is 0.0292 e. The van der Waals surface area contributed by atoms with E-state index >= 15 is 0 Å². The number of likely N-dealkylation sites (tertiary alicyclic amines) is 1. The van der Waals surface area contributed by atoms with Crippen molar-refractivity contribution in [2.45, 2.75) is 40.2 Å². The van der Waals surface area contributed by atoms with Crippen LogP contribution in [0.4, 0.5) is 0 Å². The average molecular weight is 260 g/mol. The second-order valence-corrected chi connectivity index (χ2v) is 6.10. The van der Waals surface area contributed by atoms with E-state index in [0.717, 1.165) is 12.5 Å². The molecule has 2 nitrogen and oxygen atoms in total. The van der Waals surface area contributed by atoms with Gasteiger partial charge in [-0.3, -0.25) is 0 Å². The van der Waals surface area contributed by atoms with Crippen LogP contribution in [0.1, 0.15) is 43.0 Å². The first-order valence-corrected chi connectivity index (χ1v) is 7.62. The molecule has 0 saturated carbocycles. The van der Waals surface area contributed by atoms with E-state index in [4.69, 9.17) is 0 Å². The van der Waals surface area contributed by atoms with Gasteiger partial charge in [-0.2, -0.15) is 0 Å². The Labute approximate surface area is 118 Å². The highest BCUT2D eigenvalue weighted by molar-refractivity contribution is 5.30. The van der Waals surface area contributed by atoms with Crippen LogP contribution in [0.5, 0.6) is 0 Å². The molecular formula is C17H28N2. The van der Waals surface area contributed by atoms with Crippen molar-refractivity contribution >= 4 is 0 Å². The molecule has 106 valence electrons. The summed E-state index contributed by atoms with van der Waals surface area (Å²) in [5.74, 6) is 0.827. The number of nitrogens with zero attached hydrogens (tertiary/aromatic N) is 1. The maximum atomic E-state index is 3.71. The van der Waals surface area contributed by atoms with Crippen LogP contribution in [0.25, 0.3) is 0 Å². The van der Waals surface area contributed by atoms with Crippen molar-refractivity contribution in [1.29, 1.82) is 0 Å². The van der Waals surface area contributed by atoms with Crippen molar-refractivity contribution in [3.63, 3.8) is 0 Å². The van der Waals surface area contributed by atoms with E-state index in [1.807, 2.05) is 0 Å². The van der Waals surface area contributed by atoms with Crippen LogP contribution >= 0.6 is 0 Å². The van der Waals surface area contributed by atoms with Crippen molar-refractivity contribution in [2.75, 3.05) is 26.2 Å². The molecule has 2 rings (SSSR count). The summed E-state index contributed by atoms with van der Waals surface area (Å²) in [6, 6.07) is 7.30. The van der Waals surface area contributed by atoms with Crippen LogP contribution in [0.2, 0.25) is 0 Å². The lowest BCUT2D eigenvalue weighted by molar-refractivity contribution is 0.336. The molecule has 0 aromatic heterocycles. The first-order chi connectivity index (χ1) is 9.08. The molecule has 1 aromatic rings. The van der Waals surface area contributed by atoms with Gasteiger partial charge >= 0.3 is 0 Å². The Morgan fingerprint density at radius 2 is 1.95 bits per heavy atom. The van der Waals surface area contributed by atoms with Crippen LogP contribution in [-0.2, 0) is 0 Å². The molecule has 0 radical (unpaired) electrons. The molecule has 1 heterocycles. The fourth-order valence-corrected chi connectivity index (χ4v) is 3.09. The molecule has 1 fully saturated rings. The van der Waals surface area contributed by atoms with Crippen molar-refractivity contribution in [1.82, 2.24) is 10.2 Å². The molecule has 1 aromatic carbocycles. The van der Waals surface area contributed by atoms with E-state index < -0.39 is 0 Å². The van der Waals surface area contributed by atoms with E-state index in [1.54, 1.807) is 0 Å². The lowest BCUT2D eigenvalue weighted by Crippen LogP contribution is -2.28. The molecule has 1 N–H and O–H groups in total. The SMILES string of the molecule is CCN1CCC(CNC(C)c2cc(C)cc(C)c2)C1. The molecule has 1 aliphatic heterocycles. The quantitative estimate of drug-likeness (QED) is 0.874. The summed E-state index contributed by atoms with van der Waals surface area (Å²) >= 11 is 0. The minimum Gasteiger partial charge on any atom is -0.310 e. The Morgan fingerprint density at radius 1 is 1.26 bits per heavy atom. The summed E-state index contributed by atoms with van der Waals surface area (Å²) in [5.41, 5.74) is 4.14. The van der Waals surface area contributed by atoms with Gasteiger partial charge in [0, 0.05) is 12.6 Å². The zero-order valence-corrected chi connectivity index (χ0v) is 12.9. The predicted octanol–water partition coefficient (Wildman–Crippen LogP) is 3.30. The van der Waals surface area contributed by atoms with Crippen LogP contribution in [0.3, 0.4) is 0 Å². The zero-order chi connectivity index (χ0) is 13.8. The maximum absolute atomic E-state index is 3.71. The standard InChI is InChI=1S/C17H28N2/c1-5-19-7-6-16(12-19)11-18-15(4)17-9-13(2)8-14(3)10-17/h8-10,15-16,18H,5-7,11-12H2,1-4H3. The Balaban J connectivity index is 1.85. The minimum atomic E-state index is 0.453. The van der Waals surface area contributed by atoms with Crippen molar-refractivity contribution in [3.05, 3.63) is 34.9 Å². The zero-order valence-electron chi connectivity index (χ0n) is 12.9. The Kier molecular flexibility index (Phi) is 5.00. The number of hydrogen-bond acceptors (Lipinski definition) is 2. The van der Waals surface area contributed by atoms with Gasteiger partial charge in [-0.25, -0.2) is 0 Å². The minimum absolute atomic E-state index is 0.453. The highest BCUT2D eigenvalue weighted by atomic mass is 15.1. The number of nitrogens with one attached hydrogen (secondary N) is 1. The number of rotatable bonds is 5. The molecule has 0 bridgehead atoms. The average Bonchev–Trinajstić information content (AvgIpc) is 2.82. The van der Waals surface area contributed by atoms with Gasteiger partial charge in [0.05, 0.1) is 0 Å². The molecule has 0 amide bonds. The smallest absolute Gasteiger partial charge is 0.0292 e. The first kappa shape index (κ1) is 14.5. The molecule has 0 aliphatic carbocycles. The van der Waals surface area contributed by atoms with Gasteiger partial charge in [-0.15, -0.1) is 0 Å². The van der Waals surface area contributed by atoms with Crippen LogP contribution in [0.15, 0.2) is 18.2 Å². The lowest BCUT2D eigenvalue weighted by Gasteiger charge is -2.19. The van der Waals surface area contributed by atoms with Gasteiger partial charge in [0.2, 0.25) is 0 Å². The summed E-state index contributed by atoms with van der Waals surface area (Å²) in [6.45, 7) is 13.8. The van der Waals surface area contributed by atoms with E-state index in [9.17, 15) is 0 Å². The van der Waals surface area contributed by atoms with Crippen LogP contribution in [-0.4, -0.2) is 31.1 Å². The molecule has 19 heavy (non-hydrogen) atoms. The van der Waals surface area contributed by atoms with Crippen LogP contribution < -0.4 is 5.32 Å². The highest BCUT2D eigenvalue weighted by Crippen LogP contribution is 2.19. The van der Waals surface area contributed by atoms with E-state index in [1.165, 1.54) is 42.7 Å². The lowest BCUT2D eigenvalue weighted by atomic mass is 10.0. The summed E-state index contributed by atoms with van der Waals surface area (Å²) < 4.78 is 0. The molecule has 2 atom stereocenters. The van der Waals surface area contributed by atoms with E-state index in [2.05, 4.69) is 56.1 Å². The second kappa shape index (κ2) is 6.53.